The lowest BCUT2D eigenvalue weighted by Crippen LogP contribution is -2.46. The van der Waals surface area contributed by atoms with Crippen molar-refractivity contribution in [1.29, 1.82) is 0 Å². The van der Waals surface area contributed by atoms with E-state index >= 15 is 0 Å². The Morgan fingerprint density at radius 2 is 1.74 bits per heavy atom. The van der Waals surface area contributed by atoms with E-state index in [0.29, 0.717) is 11.3 Å². The van der Waals surface area contributed by atoms with Gasteiger partial charge in [0.15, 0.2) is 0 Å². The van der Waals surface area contributed by atoms with E-state index in [-0.39, 0.29) is 16.8 Å². The smallest absolute Gasteiger partial charge is 0.261 e. The van der Waals surface area contributed by atoms with Crippen LogP contribution in [0.1, 0.15) is 28.9 Å². The van der Waals surface area contributed by atoms with Gasteiger partial charge in [0, 0.05) is 62.3 Å². The fourth-order valence-corrected chi connectivity index (χ4v) is 5.29. The number of benzene rings is 2. The van der Waals surface area contributed by atoms with Gasteiger partial charge >= 0.3 is 0 Å². The number of amides is 1. The Hall–Kier alpha value is -3.30. The average Bonchev–Trinajstić information content (AvgIpc) is 2.88. The molecule has 1 aromatic heterocycles. The second kappa shape index (κ2) is 11.0. The second-order valence-electron chi connectivity index (χ2n) is 8.70. The summed E-state index contributed by atoms with van der Waals surface area (Å²) in [7, 11) is -2.02. The van der Waals surface area contributed by atoms with E-state index in [9.17, 15) is 17.6 Å². The number of hydrogen-bond acceptors (Lipinski definition) is 5. The number of carbonyl (C=O) groups is 1. The topological polar surface area (TPSA) is 82.6 Å². The SMILES string of the molecule is CN(C(=O)c1ccc(NS(=O)(=O)c2ccc(F)cc2)cc1)C1CCN(CCc2ccccn2)CC1. The van der Waals surface area contributed by atoms with Crippen LogP contribution in [0.3, 0.4) is 0 Å². The minimum atomic E-state index is -3.85. The molecule has 1 N–H and O–H groups in total. The zero-order valence-electron chi connectivity index (χ0n) is 19.6. The fourth-order valence-electron chi connectivity index (χ4n) is 4.23. The molecular weight excluding hydrogens is 467 g/mol. The lowest BCUT2D eigenvalue weighted by molar-refractivity contribution is 0.0643. The largest absolute Gasteiger partial charge is 0.339 e. The highest BCUT2D eigenvalue weighted by molar-refractivity contribution is 7.92. The standard InChI is InChI=1S/C26H29FN4O3S/c1-30(24-14-18-31(19-15-24)17-13-22-4-2-3-16-28-22)26(32)20-5-9-23(10-6-20)29-35(33,34)25-11-7-21(27)8-12-25/h2-12,16,24,29H,13-15,17-19H2,1H3. The molecule has 0 atom stereocenters. The van der Waals surface area contributed by atoms with Crippen molar-refractivity contribution in [3.63, 3.8) is 0 Å². The molecule has 184 valence electrons. The van der Waals surface area contributed by atoms with Gasteiger partial charge in [-0.2, -0.15) is 0 Å². The van der Waals surface area contributed by atoms with E-state index in [0.717, 1.165) is 56.7 Å². The Labute approximate surface area is 205 Å². The molecule has 0 bridgehead atoms. The quantitative estimate of drug-likeness (QED) is 0.513. The van der Waals surface area contributed by atoms with Crippen molar-refractivity contribution >= 4 is 21.6 Å². The monoisotopic (exact) mass is 496 g/mol. The van der Waals surface area contributed by atoms with Gasteiger partial charge in [0.25, 0.3) is 15.9 Å². The molecule has 2 aromatic carbocycles. The van der Waals surface area contributed by atoms with Gasteiger partial charge in [-0.05, 0) is 73.5 Å². The number of carbonyl (C=O) groups excluding carboxylic acids is 1. The molecule has 1 saturated heterocycles. The average molecular weight is 497 g/mol. The second-order valence-corrected chi connectivity index (χ2v) is 10.4. The lowest BCUT2D eigenvalue weighted by atomic mass is 10.0. The molecule has 0 aliphatic carbocycles. The molecule has 35 heavy (non-hydrogen) atoms. The van der Waals surface area contributed by atoms with Crippen LogP contribution < -0.4 is 4.72 Å². The lowest BCUT2D eigenvalue weighted by Gasteiger charge is -2.36. The Kier molecular flexibility index (Phi) is 7.77. The van der Waals surface area contributed by atoms with Crippen LogP contribution in [-0.4, -0.2) is 61.8 Å². The summed E-state index contributed by atoms with van der Waals surface area (Å²) < 4.78 is 40.5. The van der Waals surface area contributed by atoms with Gasteiger partial charge in [-0.1, -0.05) is 6.07 Å². The number of rotatable bonds is 8. The van der Waals surface area contributed by atoms with E-state index in [2.05, 4.69) is 14.6 Å². The number of halogens is 1. The van der Waals surface area contributed by atoms with Crippen LogP contribution in [0.5, 0.6) is 0 Å². The predicted octanol–water partition coefficient (Wildman–Crippen LogP) is 3.80. The number of nitrogens with one attached hydrogen (secondary N) is 1. The minimum Gasteiger partial charge on any atom is -0.339 e. The van der Waals surface area contributed by atoms with Crippen molar-refractivity contribution in [2.24, 2.45) is 0 Å². The maximum atomic E-state index is 13.1. The Balaban J connectivity index is 1.29. The van der Waals surface area contributed by atoms with Crippen molar-refractivity contribution in [1.82, 2.24) is 14.8 Å². The van der Waals surface area contributed by atoms with Crippen LogP contribution in [0, 0.1) is 5.82 Å². The van der Waals surface area contributed by atoms with E-state index in [4.69, 9.17) is 0 Å². The summed E-state index contributed by atoms with van der Waals surface area (Å²) in [5.41, 5.74) is 1.91. The summed E-state index contributed by atoms with van der Waals surface area (Å²) in [5, 5.41) is 0. The van der Waals surface area contributed by atoms with Gasteiger partial charge in [-0.15, -0.1) is 0 Å². The first-order chi connectivity index (χ1) is 16.8. The summed E-state index contributed by atoms with van der Waals surface area (Å²) in [6.07, 6.45) is 4.53. The number of hydrogen-bond donors (Lipinski definition) is 1. The summed E-state index contributed by atoms with van der Waals surface area (Å²) in [6, 6.07) is 17.1. The van der Waals surface area contributed by atoms with E-state index in [1.54, 1.807) is 29.2 Å². The van der Waals surface area contributed by atoms with E-state index in [1.807, 2.05) is 31.4 Å². The third-order valence-electron chi connectivity index (χ3n) is 6.34. The zero-order chi connectivity index (χ0) is 24.8. The van der Waals surface area contributed by atoms with Crippen LogP contribution in [0.2, 0.25) is 0 Å². The predicted molar refractivity (Wildman–Crippen MR) is 133 cm³/mol. The molecular formula is C26H29FN4O3S. The first kappa shape index (κ1) is 24.8. The first-order valence-corrected chi connectivity index (χ1v) is 13.1. The van der Waals surface area contributed by atoms with Crippen molar-refractivity contribution < 1.29 is 17.6 Å². The van der Waals surface area contributed by atoms with E-state index in [1.165, 1.54) is 12.1 Å². The normalized spacial score (nSPS) is 15.0. The van der Waals surface area contributed by atoms with Gasteiger partial charge < -0.3 is 9.80 Å². The van der Waals surface area contributed by atoms with Crippen LogP contribution >= 0.6 is 0 Å². The van der Waals surface area contributed by atoms with Crippen LogP contribution in [0.15, 0.2) is 77.8 Å². The number of pyridine rings is 1. The Morgan fingerprint density at radius 1 is 1.06 bits per heavy atom. The van der Waals surface area contributed by atoms with Gasteiger partial charge in [0.05, 0.1) is 4.90 Å². The van der Waals surface area contributed by atoms with Crippen molar-refractivity contribution in [2.75, 3.05) is 31.4 Å². The maximum absolute atomic E-state index is 13.1. The summed E-state index contributed by atoms with van der Waals surface area (Å²) in [6.45, 7) is 2.81. The number of sulfonamides is 1. The molecule has 1 aliphatic rings. The van der Waals surface area contributed by atoms with Crippen molar-refractivity contribution in [3.05, 3.63) is 90.0 Å². The third kappa shape index (κ3) is 6.43. The van der Waals surface area contributed by atoms with E-state index < -0.39 is 15.8 Å². The molecule has 0 unspecified atom stereocenters. The Bertz CT molecular complexity index is 1230. The number of nitrogens with zero attached hydrogens (tertiary/aromatic N) is 3. The highest BCUT2D eigenvalue weighted by Gasteiger charge is 2.26. The van der Waals surface area contributed by atoms with Gasteiger partial charge in [-0.25, -0.2) is 12.8 Å². The Morgan fingerprint density at radius 3 is 2.37 bits per heavy atom. The molecule has 3 aromatic rings. The van der Waals surface area contributed by atoms with Crippen LogP contribution in [0.4, 0.5) is 10.1 Å². The van der Waals surface area contributed by atoms with Crippen molar-refractivity contribution in [2.45, 2.75) is 30.2 Å². The minimum absolute atomic E-state index is 0.0369. The molecule has 1 amide bonds. The third-order valence-corrected chi connectivity index (χ3v) is 7.74. The molecule has 7 nitrogen and oxygen atoms in total. The molecule has 2 heterocycles. The number of likely N-dealkylation sites (tertiary alicyclic amines) is 1. The molecule has 4 rings (SSSR count). The highest BCUT2D eigenvalue weighted by atomic mass is 32.2. The van der Waals surface area contributed by atoms with Gasteiger partial charge in [0.1, 0.15) is 5.82 Å². The van der Waals surface area contributed by atoms with Crippen LogP contribution in [0.25, 0.3) is 0 Å². The van der Waals surface area contributed by atoms with Crippen molar-refractivity contribution in [3.8, 4) is 0 Å². The first-order valence-electron chi connectivity index (χ1n) is 11.6. The maximum Gasteiger partial charge on any atom is 0.261 e. The zero-order valence-corrected chi connectivity index (χ0v) is 20.4. The fraction of sp³-hybridized carbons (Fsp3) is 0.308. The van der Waals surface area contributed by atoms with Gasteiger partial charge in [0.2, 0.25) is 0 Å². The molecule has 0 saturated carbocycles. The number of piperidine rings is 1. The highest BCUT2D eigenvalue weighted by Crippen LogP contribution is 2.21. The molecule has 0 spiro atoms. The van der Waals surface area contributed by atoms with Gasteiger partial charge in [-0.3, -0.25) is 14.5 Å². The number of anilines is 1. The summed E-state index contributed by atoms with van der Waals surface area (Å²) >= 11 is 0. The molecule has 1 fully saturated rings. The molecule has 9 heteroatoms. The number of aromatic nitrogens is 1. The molecule has 0 radical (unpaired) electrons. The molecule has 1 aliphatic heterocycles. The summed E-state index contributed by atoms with van der Waals surface area (Å²) in [5.74, 6) is -0.601. The van der Waals surface area contributed by atoms with Crippen LogP contribution in [-0.2, 0) is 16.4 Å². The summed E-state index contributed by atoms with van der Waals surface area (Å²) in [4.78, 5) is 21.5.